The fourth-order valence-electron chi connectivity index (χ4n) is 3.71. The minimum absolute atomic E-state index is 0.184. The predicted molar refractivity (Wildman–Crippen MR) is 80.1 cm³/mol. The summed E-state index contributed by atoms with van der Waals surface area (Å²) < 4.78 is 0. The summed E-state index contributed by atoms with van der Waals surface area (Å²) >= 11 is 0. The van der Waals surface area contributed by atoms with Gasteiger partial charge in [0.15, 0.2) is 0 Å². The lowest BCUT2D eigenvalue weighted by Crippen LogP contribution is -2.56. The van der Waals surface area contributed by atoms with Crippen molar-refractivity contribution in [3.05, 3.63) is 35.9 Å². The minimum atomic E-state index is -0.602. The van der Waals surface area contributed by atoms with Gasteiger partial charge < -0.3 is 10.6 Å². The second-order valence-corrected chi connectivity index (χ2v) is 6.28. The van der Waals surface area contributed by atoms with Gasteiger partial charge in [0.25, 0.3) is 0 Å². The van der Waals surface area contributed by atoms with Crippen LogP contribution in [0.15, 0.2) is 30.3 Å². The molecule has 1 aliphatic heterocycles. The lowest BCUT2D eigenvalue weighted by Gasteiger charge is -2.37. The van der Waals surface area contributed by atoms with Crippen molar-refractivity contribution in [2.45, 2.75) is 56.5 Å². The molecule has 1 aromatic rings. The largest absolute Gasteiger partial charge is 0.334 e. The number of likely N-dealkylation sites (tertiary alicyclic amines) is 1. The number of nitrogens with two attached hydrogens (primary N) is 1. The van der Waals surface area contributed by atoms with Crippen molar-refractivity contribution < 1.29 is 4.79 Å². The van der Waals surface area contributed by atoms with Gasteiger partial charge in [0, 0.05) is 6.54 Å². The predicted octanol–water partition coefficient (Wildman–Crippen LogP) is 3.01. The quantitative estimate of drug-likeness (QED) is 0.899. The van der Waals surface area contributed by atoms with Crippen LogP contribution < -0.4 is 5.73 Å². The zero-order valence-electron chi connectivity index (χ0n) is 12.1. The van der Waals surface area contributed by atoms with E-state index in [9.17, 15) is 4.79 Å². The summed E-state index contributed by atoms with van der Waals surface area (Å²) in [5.74, 6) is 0.184. The Bertz CT molecular complexity index is 465. The zero-order chi connectivity index (χ0) is 14.0. The number of nitrogens with zero attached hydrogens (tertiary/aromatic N) is 1. The highest BCUT2D eigenvalue weighted by Crippen LogP contribution is 2.36. The second-order valence-electron chi connectivity index (χ2n) is 6.28. The summed E-state index contributed by atoms with van der Waals surface area (Å²) in [5, 5.41) is 0. The van der Waals surface area contributed by atoms with Gasteiger partial charge in [0.1, 0.15) is 0 Å². The van der Waals surface area contributed by atoms with E-state index in [4.69, 9.17) is 5.73 Å². The molecule has 2 aliphatic rings. The summed E-state index contributed by atoms with van der Waals surface area (Å²) in [7, 11) is 0. The van der Waals surface area contributed by atoms with E-state index in [1.807, 2.05) is 11.0 Å². The van der Waals surface area contributed by atoms with Crippen LogP contribution >= 0.6 is 0 Å². The van der Waals surface area contributed by atoms with Crippen LogP contribution in [0.4, 0.5) is 0 Å². The molecule has 1 heterocycles. The van der Waals surface area contributed by atoms with Crippen LogP contribution in [0.2, 0.25) is 0 Å². The van der Waals surface area contributed by atoms with Gasteiger partial charge in [-0.2, -0.15) is 0 Å². The molecule has 3 heteroatoms. The third-order valence-corrected chi connectivity index (χ3v) is 4.87. The Labute approximate surface area is 121 Å². The molecule has 3 rings (SSSR count). The molecule has 1 aliphatic carbocycles. The van der Waals surface area contributed by atoms with E-state index in [1.54, 1.807) is 0 Å². The van der Waals surface area contributed by atoms with Crippen LogP contribution in [0, 0.1) is 0 Å². The first-order valence-electron chi connectivity index (χ1n) is 7.86. The smallest absolute Gasteiger partial charge is 0.243 e. The standard InChI is InChI=1S/C17H24N2O/c18-17(11-5-2-6-12-17)16(20)19-13-7-10-15(19)14-8-3-1-4-9-14/h1,3-4,8-9,15H,2,5-7,10-13,18H2. The van der Waals surface area contributed by atoms with Gasteiger partial charge in [-0.05, 0) is 31.2 Å². The highest BCUT2D eigenvalue weighted by molar-refractivity contribution is 5.86. The lowest BCUT2D eigenvalue weighted by atomic mass is 9.81. The Kier molecular flexibility index (Phi) is 3.79. The molecule has 1 aromatic carbocycles. The first kappa shape index (κ1) is 13.6. The number of amides is 1. The van der Waals surface area contributed by atoms with Gasteiger partial charge in [-0.15, -0.1) is 0 Å². The van der Waals surface area contributed by atoms with Crippen LogP contribution in [0.3, 0.4) is 0 Å². The van der Waals surface area contributed by atoms with Crippen molar-refractivity contribution in [2.75, 3.05) is 6.54 Å². The molecule has 20 heavy (non-hydrogen) atoms. The van der Waals surface area contributed by atoms with Gasteiger partial charge in [-0.25, -0.2) is 0 Å². The van der Waals surface area contributed by atoms with Crippen LogP contribution in [0.25, 0.3) is 0 Å². The topological polar surface area (TPSA) is 46.3 Å². The average Bonchev–Trinajstić information content (AvgIpc) is 2.97. The van der Waals surface area contributed by atoms with E-state index in [-0.39, 0.29) is 11.9 Å². The van der Waals surface area contributed by atoms with Crippen molar-refractivity contribution in [1.29, 1.82) is 0 Å². The average molecular weight is 272 g/mol. The maximum absolute atomic E-state index is 12.9. The molecule has 0 aromatic heterocycles. The van der Waals surface area contributed by atoms with Gasteiger partial charge >= 0.3 is 0 Å². The fraction of sp³-hybridized carbons (Fsp3) is 0.588. The van der Waals surface area contributed by atoms with E-state index in [0.717, 1.165) is 45.1 Å². The van der Waals surface area contributed by atoms with Crippen LogP contribution in [-0.2, 0) is 4.79 Å². The molecule has 2 N–H and O–H groups in total. The van der Waals surface area contributed by atoms with Crippen molar-refractivity contribution >= 4 is 5.91 Å². The maximum Gasteiger partial charge on any atom is 0.243 e. The van der Waals surface area contributed by atoms with E-state index in [0.29, 0.717) is 0 Å². The molecule has 108 valence electrons. The van der Waals surface area contributed by atoms with Crippen molar-refractivity contribution in [2.24, 2.45) is 5.73 Å². The van der Waals surface area contributed by atoms with Gasteiger partial charge in [-0.1, -0.05) is 49.6 Å². The molecular weight excluding hydrogens is 248 g/mol. The van der Waals surface area contributed by atoms with Gasteiger partial charge in [0.2, 0.25) is 5.91 Å². The van der Waals surface area contributed by atoms with E-state index in [2.05, 4.69) is 24.3 Å². The fourth-order valence-corrected chi connectivity index (χ4v) is 3.71. The van der Waals surface area contributed by atoms with Crippen LogP contribution in [-0.4, -0.2) is 22.9 Å². The normalized spacial score (nSPS) is 25.6. The third-order valence-electron chi connectivity index (χ3n) is 4.87. The summed E-state index contributed by atoms with van der Waals surface area (Å²) in [6.07, 6.45) is 7.24. The molecule has 3 nitrogen and oxygen atoms in total. The van der Waals surface area contributed by atoms with Crippen molar-refractivity contribution in [1.82, 2.24) is 4.90 Å². The van der Waals surface area contributed by atoms with Crippen molar-refractivity contribution in [3.63, 3.8) is 0 Å². The number of hydrogen-bond acceptors (Lipinski definition) is 2. The second kappa shape index (κ2) is 5.57. The zero-order valence-corrected chi connectivity index (χ0v) is 12.1. The highest BCUT2D eigenvalue weighted by Gasteiger charge is 2.42. The third kappa shape index (κ3) is 2.47. The highest BCUT2D eigenvalue weighted by atomic mass is 16.2. The van der Waals surface area contributed by atoms with Crippen LogP contribution in [0.5, 0.6) is 0 Å². The lowest BCUT2D eigenvalue weighted by molar-refractivity contribution is -0.139. The first-order valence-corrected chi connectivity index (χ1v) is 7.86. The molecule has 1 atom stereocenters. The SMILES string of the molecule is NC1(C(=O)N2CCCC2c2ccccc2)CCCCC1. The van der Waals surface area contributed by atoms with E-state index in [1.165, 1.54) is 12.0 Å². The molecule has 0 radical (unpaired) electrons. The summed E-state index contributed by atoms with van der Waals surface area (Å²) in [4.78, 5) is 14.9. The number of carbonyl (C=O) groups excluding carboxylic acids is 1. The first-order chi connectivity index (χ1) is 9.71. The number of benzene rings is 1. The van der Waals surface area contributed by atoms with E-state index < -0.39 is 5.54 Å². The molecular formula is C17H24N2O. The Morgan fingerprint density at radius 1 is 1.10 bits per heavy atom. The minimum Gasteiger partial charge on any atom is -0.334 e. The summed E-state index contributed by atoms with van der Waals surface area (Å²) in [5.41, 5.74) is 7.08. The Balaban J connectivity index is 1.80. The molecule has 1 saturated heterocycles. The molecule has 0 spiro atoms. The Morgan fingerprint density at radius 2 is 1.80 bits per heavy atom. The number of rotatable bonds is 2. The van der Waals surface area contributed by atoms with E-state index >= 15 is 0 Å². The molecule has 2 fully saturated rings. The number of carbonyl (C=O) groups is 1. The Morgan fingerprint density at radius 3 is 2.50 bits per heavy atom. The number of hydrogen-bond donors (Lipinski definition) is 1. The van der Waals surface area contributed by atoms with Crippen molar-refractivity contribution in [3.8, 4) is 0 Å². The molecule has 1 unspecified atom stereocenters. The van der Waals surface area contributed by atoms with Gasteiger partial charge in [0.05, 0.1) is 11.6 Å². The maximum atomic E-state index is 12.9. The molecule has 1 amide bonds. The monoisotopic (exact) mass is 272 g/mol. The molecule has 1 saturated carbocycles. The van der Waals surface area contributed by atoms with Gasteiger partial charge in [-0.3, -0.25) is 4.79 Å². The Hall–Kier alpha value is -1.35. The molecule has 0 bridgehead atoms. The van der Waals surface area contributed by atoms with Crippen LogP contribution in [0.1, 0.15) is 56.6 Å². The summed E-state index contributed by atoms with van der Waals surface area (Å²) in [6, 6.07) is 10.6. The summed E-state index contributed by atoms with van der Waals surface area (Å²) in [6.45, 7) is 0.858.